The first kappa shape index (κ1) is 27.3. The van der Waals surface area contributed by atoms with E-state index in [2.05, 4.69) is 18.3 Å². The van der Waals surface area contributed by atoms with Crippen LogP contribution >= 0.6 is 23.6 Å². The first-order valence-corrected chi connectivity index (χ1v) is 13.5. The summed E-state index contributed by atoms with van der Waals surface area (Å²) >= 11 is 7.42. The lowest BCUT2D eigenvalue weighted by molar-refractivity contribution is -0.124. The number of hydrogen-bond donors (Lipinski definition) is 1. The van der Waals surface area contributed by atoms with Gasteiger partial charge in [-0.1, -0.05) is 0 Å². The monoisotopic (exact) mass is 551 g/mol. The highest BCUT2D eigenvalue weighted by molar-refractivity contribution is 7.80. The van der Waals surface area contributed by atoms with Crippen molar-refractivity contribution in [2.75, 3.05) is 30.5 Å². The van der Waals surface area contributed by atoms with Crippen LogP contribution in [0, 0.1) is 6.92 Å². The van der Waals surface area contributed by atoms with Gasteiger partial charge in [-0.05, 0) is 98.0 Å². The fourth-order valence-electron chi connectivity index (χ4n) is 4.23. The molecule has 38 heavy (non-hydrogen) atoms. The third kappa shape index (κ3) is 6.03. The molecular weight excluding hydrogens is 522 g/mol. The molecule has 0 unspecified atom stereocenters. The lowest BCUT2D eigenvalue weighted by Crippen LogP contribution is -2.39. The number of nitrogens with zero attached hydrogens (tertiary/aromatic N) is 2. The molecule has 1 aliphatic heterocycles. The molecule has 1 aromatic heterocycles. The molecule has 0 radical (unpaired) electrons. The van der Waals surface area contributed by atoms with Crippen molar-refractivity contribution in [1.82, 2.24) is 4.90 Å². The maximum Gasteiger partial charge on any atom is 0.338 e. The summed E-state index contributed by atoms with van der Waals surface area (Å²) in [5.41, 5.74) is 2.73. The predicted octanol–water partition coefficient (Wildman–Crippen LogP) is 4.82. The fraction of sp³-hybridized carbons (Fsp3) is 0.286. The van der Waals surface area contributed by atoms with Gasteiger partial charge in [-0.15, -0.1) is 11.3 Å². The van der Waals surface area contributed by atoms with Crippen LogP contribution in [0.25, 0.3) is 0 Å². The Hall–Kier alpha value is -3.76. The minimum absolute atomic E-state index is 0.0747. The highest BCUT2D eigenvalue weighted by Gasteiger charge is 2.44. The molecule has 0 saturated carbocycles. The molecule has 2 aromatic carbocycles. The van der Waals surface area contributed by atoms with Crippen molar-refractivity contribution in [3.63, 3.8) is 0 Å². The molecule has 1 fully saturated rings. The Bertz CT molecular complexity index is 1320. The minimum atomic E-state index is -0.747. The average Bonchev–Trinajstić information content (AvgIpc) is 3.42. The van der Waals surface area contributed by atoms with Crippen LogP contribution < -0.4 is 15.0 Å². The number of esters is 1. The number of hydrogen-bond acceptors (Lipinski definition) is 7. The second-order valence-electron chi connectivity index (χ2n) is 8.69. The summed E-state index contributed by atoms with van der Waals surface area (Å²) in [7, 11) is 1.58. The van der Waals surface area contributed by atoms with E-state index in [1.807, 2.05) is 10.3 Å². The molecule has 1 N–H and O–H groups in total. The number of benzene rings is 2. The summed E-state index contributed by atoms with van der Waals surface area (Å²) in [4.78, 5) is 43.1. The number of methoxy groups -OCH3 is 1. The Morgan fingerprint density at radius 3 is 2.39 bits per heavy atom. The quantitative estimate of drug-likeness (QED) is 0.286. The number of anilines is 2. The van der Waals surface area contributed by atoms with Crippen molar-refractivity contribution in [3.05, 3.63) is 76.0 Å². The summed E-state index contributed by atoms with van der Waals surface area (Å²) < 4.78 is 10.2. The number of thiophene rings is 1. The van der Waals surface area contributed by atoms with Gasteiger partial charge in [0, 0.05) is 17.1 Å². The Morgan fingerprint density at radius 2 is 1.79 bits per heavy atom. The second-order valence-corrected chi connectivity index (χ2v) is 10.1. The van der Waals surface area contributed by atoms with E-state index in [0.717, 1.165) is 0 Å². The summed E-state index contributed by atoms with van der Waals surface area (Å²) in [5.74, 6) is -0.341. The van der Waals surface area contributed by atoms with E-state index in [1.54, 1.807) is 73.9 Å². The zero-order valence-corrected chi connectivity index (χ0v) is 23.1. The van der Waals surface area contributed by atoms with Crippen molar-refractivity contribution in [2.24, 2.45) is 0 Å². The Kier molecular flexibility index (Phi) is 8.75. The zero-order chi connectivity index (χ0) is 27.2. The third-order valence-corrected chi connectivity index (χ3v) is 7.76. The van der Waals surface area contributed by atoms with E-state index >= 15 is 0 Å². The van der Waals surface area contributed by atoms with Crippen LogP contribution in [-0.4, -0.2) is 54.1 Å². The molecule has 4 rings (SSSR count). The highest BCUT2D eigenvalue weighted by Crippen LogP contribution is 2.29. The Balaban J connectivity index is 1.51. The maximum atomic E-state index is 13.6. The molecule has 0 bridgehead atoms. The number of carbonyl (C=O) groups is 3. The van der Waals surface area contributed by atoms with Gasteiger partial charge in [0.1, 0.15) is 11.8 Å². The van der Waals surface area contributed by atoms with Gasteiger partial charge < -0.3 is 19.7 Å². The molecule has 3 aromatic rings. The number of aryl methyl sites for hydroxylation is 1. The SMILES string of the molecule is CCOC(=O)c1ccc(NC(=O)C[C@@H]2C(=O)N(c3ccc(OC)cc3)C(=S)N2CCc2sccc2C)cc1. The topological polar surface area (TPSA) is 88.2 Å². The average molecular weight is 552 g/mol. The van der Waals surface area contributed by atoms with E-state index in [1.165, 1.54) is 15.3 Å². The van der Waals surface area contributed by atoms with Crippen molar-refractivity contribution < 1.29 is 23.9 Å². The molecule has 2 amide bonds. The molecule has 0 spiro atoms. The van der Waals surface area contributed by atoms with Crippen LogP contribution in [-0.2, 0) is 20.7 Å². The van der Waals surface area contributed by atoms with Gasteiger partial charge >= 0.3 is 5.97 Å². The van der Waals surface area contributed by atoms with E-state index in [4.69, 9.17) is 21.7 Å². The Morgan fingerprint density at radius 1 is 1.08 bits per heavy atom. The van der Waals surface area contributed by atoms with Gasteiger partial charge in [-0.2, -0.15) is 0 Å². The number of thiocarbonyl (C=S) groups is 1. The van der Waals surface area contributed by atoms with Gasteiger partial charge in [0.2, 0.25) is 5.91 Å². The van der Waals surface area contributed by atoms with Crippen LogP contribution in [0.3, 0.4) is 0 Å². The molecule has 2 heterocycles. The summed E-state index contributed by atoms with van der Waals surface area (Å²) in [6.07, 6.45) is 0.634. The van der Waals surface area contributed by atoms with Crippen molar-refractivity contribution >= 4 is 57.8 Å². The lowest BCUT2D eigenvalue weighted by Gasteiger charge is -2.24. The number of rotatable bonds is 10. The van der Waals surface area contributed by atoms with Crippen LogP contribution in [0.5, 0.6) is 5.75 Å². The van der Waals surface area contributed by atoms with Crippen molar-refractivity contribution in [2.45, 2.75) is 32.7 Å². The van der Waals surface area contributed by atoms with Gasteiger partial charge in [-0.25, -0.2) is 4.79 Å². The predicted molar refractivity (Wildman–Crippen MR) is 152 cm³/mol. The number of carbonyl (C=O) groups excluding carboxylic acids is 3. The van der Waals surface area contributed by atoms with Crippen LogP contribution in [0.1, 0.15) is 34.1 Å². The van der Waals surface area contributed by atoms with Gasteiger partial charge in [0.15, 0.2) is 5.11 Å². The standard InChI is InChI=1S/C28H29N3O5S2/c1-4-36-27(34)19-5-7-20(8-6-19)29-25(32)17-23-26(33)31(21-9-11-22(35-3)12-10-21)28(37)30(23)15-13-24-18(2)14-16-38-24/h5-12,14,16,23H,4,13,15,17H2,1-3H3,(H,29,32)/t23-/m1/s1. The molecule has 1 aliphatic rings. The van der Waals surface area contributed by atoms with Crippen molar-refractivity contribution in [1.29, 1.82) is 0 Å². The first-order chi connectivity index (χ1) is 18.3. The van der Waals surface area contributed by atoms with E-state index in [0.29, 0.717) is 40.8 Å². The van der Waals surface area contributed by atoms with E-state index < -0.39 is 12.0 Å². The second kappa shape index (κ2) is 12.2. The van der Waals surface area contributed by atoms with Gasteiger partial charge in [0.05, 0.1) is 31.4 Å². The van der Waals surface area contributed by atoms with Crippen LogP contribution in [0.2, 0.25) is 0 Å². The zero-order valence-electron chi connectivity index (χ0n) is 21.4. The van der Waals surface area contributed by atoms with Crippen LogP contribution in [0.4, 0.5) is 11.4 Å². The minimum Gasteiger partial charge on any atom is -0.497 e. The molecule has 198 valence electrons. The van der Waals surface area contributed by atoms with Gasteiger partial charge in [-0.3, -0.25) is 14.5 Å². The number of amides is 2. The summed E-state index contributed by atoms with van der Waals surface area (Å²) in [6, 6.07) is 14.8. The highest BCUT2D eigenvalue weighted by atomic mass is 32.1. The van der Waals surface area contributed by atoms with E-state index in [-0.39, 0.29) is 24.8 Å². The first-order valence-electron chi connectivity index (χ1n) is 12.2. The largest absolute Gasteiger partial charge is 0.497 e. The van der Waals surface area contributed by atoms with E-state index in [9.17, 15) is 14.4 Å². The lowest BCUT2D eigenvalue weighted by atomic mass is 10.1. The molecule has 1 saturated heterocycles. The third-order valence-electron chi connectivity index (χ3n) is 6.26. The van der Waals surface area contributed by atoms with Crippen molar-refractivity contribution in [3.8, 4) is 5.75 Å². The Labute approximate surface area is 231 Å². The smallest absolute Gasteiger partial charge is 0.338 e. The fourth-order valence-corrected chi connectivity index (χ4v) is 5.54. The number of ether oxygens (including phenoxy) is 2. The van der Waals surface area contributed by atoms with Gasteiger partial charge in [0.25, 0.3) is 5.91 Å². The molecule has 10 heteroatoms. The normalized spacial score (nSPS) is 15.1. The molecule has 1 atom stereocenters. The molecule has 8 nitrogen and oxygen atoms in total. The number of nitrogens with one attached hydrogen (secondary N) is 1. The molecule has 0 aliphatic carbocycles. The summed E-state index contributed by atoms with van der Waals surface area (Å²) in [5, 5.41) is 5.23. The summed E-state index contributed by atoms with van der Waals surface area (Å²) in [6.45, 7) is 4.58. The maximum absolute atomic E-state index is 13.6. The van der Waals surface area contributed by atoms with Crippen LogP contribution in [0.15, 0.2) is 60.0 Å². The molecular formula is C28H29N3O5S2.